The molecule has 1 saturated heterocycles. The van der Waals surface area contributed by atoms with Gasteiger partial charge in [-0.3, -0.25) is 24.5 Å². The standard InChI is InChI=1S/C14H23N3O4/c1-14(2,3)13(21)15-8-4-5-10(18)16-9-6-7-11(19)17-12(9)20/h9H,4-8H2,1-3H3,(H,15,21)(H,16,18)(H,17,19,20). The van der Waals surface area contributed by atoms with Gasteiger partial charge in [-0.1, -0.05) is 20.8 Å². The van der Waals surface area contributed by atoms with Crippen LogP contribution in [0.15, 0.2) is 0 Å². The van der Waals surface area contributed by atoms with Gasteiger partial charge in [-0.2, -0.15) is 0 Å². The second kappa shape index (κ2) is 7.19. The van der Waals surface area contributed by atoms with Gasteiger partial charge in [0.15, 0.2) is 0 Å². The number of carbonyl (C=O) groups excluding carboxylic acids is 4. The van der Waals surface area contributed by atoms with Crippen molar-refractivity contribution in [2.75, 3.05) is 6.54 Å². The quantitative estimate of drug-likeness (QED) is 0.485. The van der Waals surface area contributed by atoms with E-state index in [0.717, 1.165) is 0 Å². The van der Waals surface area contributed by atoms with E-state index in [2.05, 4.69) is 16.0 Å². The van der Waals surface area contributed by atoms with Crippen LogP contribution >= 0.6 is 0 Å². The number of amides is 4. The number of carbonyl (C=O) groups is 4. The van der Waals surface area contributed by atoms with Gasteiger partial charge in [-0.15, -0.1) is 0 Å². The molecule has 0 bridgehead atoms. The number of piperidine rings is 1. The first-order valence-electron chi connectivity index (χ1n) is 7.11. The average molecular weight is 297 g/mol. The predicted molar refractivity (Wildman–Crippen MR) is 76.0 cm³/mol. The van der Waals surface area contributed by atoms with E-state index in [9.17, 15) is 19.2 Å². The summed E-state index contributed by atoms with van der Waals surface area (Å²) in [6.07, 6.45) is 1.29. The summed E-state index contributed by atoms with van der Waals surface area (Å²) in [6, 6.07) is -0.639. The lowest BCUT2D eigenvalue weighted by molar-refractivity contribution is -0.137. The highest BCUT2D eigenvalue weighted by Crippen LogP contribution is 2.12. The summed E-state index contributed by atoms with van der Waals surface area (Å²) >= 11 is 0. The molecule has 0 aromatic heterocycles. The molecule has 0 radical (unpaired) electrons. The highest BCUT2D eigenvalue weighted by Gasteiger charge is 2.27. The Morgan fingerprint density at radius 3 is 2.52 bits per heavy atom. The van der Waals surface area contributed by atoms with Crippen LogP contribution < -0.4 is 16.0 Å². The van der Waals surface area contributed by atoms with E-state index in [1.54, 1.807) is 0 Å². The van der Waals surface area contributed by atoms with Crippen molar-refractivity contribution in [3.63, 3.8) is 0 Å². The van der Waals surface area contributed by atoms with Crippen molar-refractivity contribution in [2.45, 2.75) is 52.5 Å². The van der Waals surface area contributed by atoms with Crippen molar-refractivity contribution in [3.8, 4) is 0 Å². The fourth-order valence-electron chi connectivity index (χ4n) is 1.81. The van der Waals surface area contributed by atoms with E-state index >= 15 is 0 Å². The van der Waals surface area contributed by atoms with Crippen LogP contribution in [0.5, 0.6) is 0 Å². The fraction of sp³-hybridized carbons (Fsp3) is 0.714. The topological polar surface area (TPSA) is 104 Å². The summed E-state index contributed by atoms with van der Waals surface area (Å²) in [6.45, 7) is 5.87. The van der Waals surface area contributed by atoms with Gasteiger partial charge in [0.2, 0.25) is 23.6 Å². The van der Waals surface area contributed by atoms with E-state index in [4.69, 9.17) is 0 Å². The van der Waals surface area contributed by atoms with Gasteiger partial charge in [-0.25, -0.2) is 0 Å². The average Bonchev–Trinajstić information content (AvgIpc) is 2.36. The van der Waals surface area contributed by atoms with Gasteiger partial charge in [0.1, 0.15) is 6.04 Å². The number of imide groups is 1. The van der Waals surface area contributed by atoms with E-state index < -0.39 is 17.4 Å². The number of rotatable bonds is 5. The minimum absolute atomic E-state index is 0.0620. The van der Waals surface area contributed by atoms with Crippen molar-refractivity contribution < 1.29 is 19.2 Å². The second-order valence-corrected chi connectivity index (χ2v) is 6.18. The van der Waals surface area contributed by atoms with E-state index in [-0.39, 0.29) is 30.6 Å². The molecule has 0 saturated carbocycles. The minimum Gasteiger partial charge on any atom is -0.356 e. The van der Waals surface area contributed by atoms with E-state index in [0.29, 0.717) is 19.4 Å². The Kier molecular flexibility index (Phi) is 5.87. The van der Waals surface area contributed by atoms with Crippen LogP contribution in [0, 0.1) is 5.41 Å². The Morgan fingerprint density at radius 2 is 1.95 bits per heavy atom. The second-order valence-electron chi connectivity index (χ2n) is 6.18. The van der Waals surface area contributed by atoms with Gasteiger partial charge in [0, 0.05) is 24.8 Å². The number of nitrogens with one attached hydrogen (secondary N) is 3. The molecule has 7 nitrogen and oxygen atoms in total. The molecule has 4 amide bonds. The Hall–Kier alpha value is -1.92. The molecule has 7 heteroatoms. The molecule has 1 atom stereocenters. The monoisotopic (exact) mass is 297 g/mol. The third-order valence-corrected chi connectivity index (χ3v) is 3.12. The molecular formula is C14H23N3O4. The summed E-state index contributed by atoms with van der Waals surface area (Å²) in [5, 5.41) is 7.53. The van der Waals surface area contributed by atoms with Crippen molar-refractivity contribution in [2.24, 2.45) is 5.41 Å². The maximum atomic E-state index is 11.7. The fourth-order valence-corrected chi connectivity index (χ4v) is 1.81. The van der Waals surface area contributed by atoms with Crippen LogP contribution in [0.2, 0.25) is 0 Å². The molecule has 1 aliphatic rings. The van der Waals surface area contributed by atoms with Crippen LogP contribution in [0.4, 0.5) is 0 Å². The van der Waals surface area contributed by atoms with Gasteiger partial charge in [-0.05, 0) is 12.8 Å². The lowest BCUT2D eigenvalue weighted by Gasteiger charge is -2.22. The predicted octanol–water partition coefficient (Wildman–Crippen LogP) is -0.150. The molecule has 1 unspecified atom stereocenters. The van der Waals surface area contributed by atoms with Crippen LogP contribution in [0.25, 0.3) is 0 Å². The zero-order valence-electron chi connectivity index (χ0n) is 12.7. The zero-order valence-corrected chi connectivity index (χ0v) is 12.7. The summed E-state index contributed by atoms with van der Waals surface area (Å²) in [7, 11) is 0. The normalized spacial score (nSPS) is 18.9. The maximum absolute atomic E-state index is 11.7. The van der Waals surface area contributed by atoms with Crippen molar-refractivity contribution in [1.29, 1.82) is 0 Å². The van der Waals surface area contributed by atoms with Crippen LogP contribution in [-0.2, 0) is 19.2 Å². The molecule has 0 aliphatic carbocycles. The molecule has 0 aromatic rings. The summed E-state index contributed by atoms with van der Waals surface area (Å²) in [4.78, 5) is 45.7. The van der Waals surface area contributed by atoms with Crippen LogP contribution in [-0.4, -0.2) is 36.2 Å². The van der Waals surface area contributed by atoms with E-state index in [1.165, 1.54) is 0 Å². The van der Waals surface area contributed by atoms with Gasteiger partial charge >= 0.3 is 0 Å². The Bertz CT molecular complexity index is 440. The van der Waals surface area contributed by atoms with Crippen LogP contribution in [0.3, 0.4) is 0 Å². The Labute approximate surface area is 124 Å². The minimum atomic E-state index is -0.639. The third-order valence-electron chi connectivity index (χ3n) is 3.12. The molecular weight excluding hydrogens is 274 g/mol. The van der Waals surface area contributed by atoms with Gasteiger partial charge < -0.3 is 10.6 Å². The first kappa shape index (κ1) is 17.1. The zero-order chi connectivity index (χ0) is 16.0. The lowest BCUT2D eigenvalue weighted by atomic mass is 9.96. The smallest absolute Gasteiger partial charge is 0.249 e. The molecule has 0 aromatic carbocycles. The molecule has 1 aliphatic heterocycles. The number of hydrogen-bond donors (Lipinski definition) is 3. The molecule has 21 heavy (non-hydrogen) atoms. The Morgan fingerprint density at radius 1 is 1.29 bits per heavy atom. The molecule has 3 N–H and O–H groups in total. The van der Waals surface area contributed by atoms with Gasteiger partial charge in [0.25, 0.3) is 0 Å². The first-order valence-corrected chi connectivity index (χ1v) is 7.11. The van der Waals surface area contributed by atoms with Crippen molar-refractivity contribution in [3.05, 3.63) is 0 Å². The Balaban J connectivity index is 2.21. The van der Waals surface area contributed by atoms with E-state index in [1.807, 2.05) is 20.8 Å². The van der Waals surface area contributed by atoms with Crippen molar-refractivity contribution in [1.82, 2.24) is 16.0 Å². The molecule has 1 rings (SSSR count). The molecule has 118 valence electrons. The summed E-state index contributed by atoms with van der Waals surface area (Å²) in [5.74, 6) is -1.08. The number of hydrogen-bond acceptors (Lipinski definition) is 4. The first-order chi connectivity index (χ1) is 9.70. The molecule has 0 spiro atoms. The maximum Gasteiger partial charge on any atom is 0.249 e. The summed E-state index contributed by atoms with van der Waals surface area (Å²) < 4.78 is 0. The molecule has 1 fully saturated rings. The largest absolute Gasteiger partial charge is 0.356 e. The third kappa shape index (κ3) is 5.93. The van der Waals surface area contributed by atoms with Crippen LogP contribution in [0.1, 0.15) is 46.5 Å². The highest BCUT2D eigenvalue weighted by atomic mass is 16.2. The highest BCUT2D eigenvalue weighted by molar-refractivity contribution is 6.01. The summed E-state index contributed by atoms with van der Waals surface area (Å²) in [5.41, 5.74) is -0.449. The van der Waals surface area contributed by atoms with Crippen molar-refractivity contribution >= 4 is 23.6 Å². The SMILES string of the molecule is CC(C)(C)C(=O)NCCCC(=O)NC1CCC(=O)NC1=O. The molecule has 1 heterocycles. The lowest BCUT2D eigenvalue weighted by Crippen LogP contribution is -2.52. The van der Waals surface area contributed by atoms with Gasteiger partial charge in [0.05, 0.1) is 0 Å².